The van der Waals surface area contributed by atoms with Gasteiger partial charge in [0.05, 0.1) is 22.7 Å². The van der Waals surface area contributed by atoms with Crippen LogP contribution < -0.4 is 0 Å². The van der Waals surface area contributed by atoms with E-state index in [4.69, 9.17) is 5.26 Å². The normalized spacial score (nSPS) is 17.7. The lowest BCUT2D eigenvalue weighted by Gasteiger charge is -2.18. The Kier molecular flexibility index (Phi) is 3.73. The van der Waals surface area contributed by atoms with Crippen molar-refractivity contribution in [1.29, 1.82) is 5.26 Å². The Bertz CT molecular complexity index is 1180. The van der Waals surface area contributed by atoms with Gasteiger partial charge in [-0.2, -0.15) is 5.26 Å². The molecule has 0 amide bonds. The molecule has 1 saturated heterocycles. The number of aromatic amines is 1. The molecular formula is C22H21N5. The molecule has 0 unspecified atom stereocenters. The molecule has 4 aromatic rings. The number of rotatable bonds is 3. The molecule has 0 spiro atoms. The van der Waals surface area contributed by atoms with Crippen LogP contribution >= 0.6 is 0 Å². The summed E-state index contributed by atoms with van der Waals surface area (Å²) in [6, 6.07) is 15.0. The number of benzene rings is 2. The van der Waals surface area contributed by atoms with Crippen molar-refractivity contribution in [3.8, 4) is 11.8 Å². The Morgan fingerprint density at radius 2 is 2.19 bits per heavy atom. The summed E-state index contributed by atoms with van der Waals surface area (Å²) in [6.45, 7) is 1.20. The van der Waals surface area contributed by atoms with E-state index in [-0.39, 0.29) is 0 Å². The second kappa shape index (κ2) is 6.26. The molecule has 2 aromatic carbocycles. The van der Waals surface area contributed by atoms with Crippen LogP contribution in [0.15, 0.2) is 48.9 Å². The molecule has 1 aliphatic rings. The van der Waals surface area contributed by atoms with Crippen LogP contribution in [0.5, 0.6) is 0 Å². The van der Waals surface area contributed by atoms with Crippen molar-refractivity contribution in [1.82, 2.24) is 19.4 Å². The minimum Gasteiger partial charge on any atom is -0.361 e. The Labute approximate surface area is 157 Å². The SMILES string of the molecule is CN1CCC[C@H]1Cc1c[nH]c2ccc(-n3cnc4cc(C#N)ccc43)cc12. The quantitative estimate of drug-likeness (QED) is 0.604. The molecule has 134 valence electrons. The van der Waals surface area contributed by atoms with Gasteiger partial charge in [-0.1, -0.05) is 0 Å². The van der Waals surface area contributed by atoms with Crippen LogP contribution in [0, 0.1) is 11.3 Å². The highest BCUT2D eigenvalue weighted by Crippen LogP contribution is 2.28. The second-order valence-corrected chi connectivity index (χ2v) is 7.45. The Morgan fingerprint density at radius 3 is 3.00 bits per heavy atom. The molecule has 0 aliphatic carbocycles. The summed E-state index contributed by atoms with van der Waals surface area (Å²) in [7, 11) is 2.23. The first kappa shape index (κ1) is 16.1. The predicted octanol–water partition coefficient (Wildman–Crippen LogP) is 4.02. The maximum absolute atomic E-state index is 9.09. The minimum atomic E-state index is 0.631. The van der Waals surface area contributed by atoms with Crippen molar-refractivity contribution < 1.29 is 0 Å². The lowest BCUT2D eigenvalue weighted by molar-refractivity contribution is 0.310. The van der Waals surface area contributed by atoms with Crippen molar-refractivity contribution in [2.45, 2.75) is 25.3 Å². The summed E-state index contributed by atoms with van der Waals surface area (Å²) in [5.74, 6) is 0. The second-order valence-electron chi connectivity index (χ2n) is 7.45. The molecule has 5 nitrogen and oxygen atoms in total. The van der Waals surface area contributed by atoms with E-state index in [0.29, 0.717) is 11.6 Å². The third-order valence-electron chi connectivity index (χ3n) is 5.83. The van der Waals surface area contributed by atoms with Crippen LogP contribution in [0.25, 0.3) is 27.6 Å². The van der Waals surface area contributed by atoms with Crippen LogP contribution in [0.3, 0.4) is 0 Å². The Balaban J connectivity index is 1.56. The van der Waals surface area contributed by atoms with E-state index >= 15 is 0 Å². The maximum atomic E-state index is 9.09. The highest BCUT2D eigenvalue weighted by atomic mass is 15.1. The monoisotopic (exact) mass is 355 g/mol. The average molecular weight is 355 g/mol. The first-order chi connectivity index (χ1) is 13.2. The molecule has 1 N–H and O–H groups in total. The molecule has 1 atom stereocenters. The van der Waals surface area contributed by atoms with Crippen molar-refractivity contribution in [3.63, 3.8) is 0 Å². The lowest BCUT2D eigenvalue weighted by Crippen LogP contribution is -2.26. The van der Waals surface area contributed by atoms with E-state index < -0.39 is 0 Å². The third kappa shape index (κ3) is 2.70. The molecule has 3 heterocycles. The van der Waals surface area contributed by atoms with E-state index in [2.05, 4.69) is 56.9 Å². The number of nitrogens with zero attached hydrogens (tertiary/aromatic N) is 4. The van der Waals surface area contributed by atoms with Gasteiger partial charge in [0.2, 0.25) is 0 Å². The van der Waals surface area contributed by atoms with Crippen molar-refractivity contribution in [3.05, 3.63) is 60.0 Å². The summed E-state index contributed by atoms with van der Waals surface area (Å²) in [5, 5.41) is 10.4. The summed E-state index contributed by atoms with van der Waals surface area (Å²) >= 11 is 0. The van der Waals surface area contributed by atoms with Crippen LogP contribution in [0.1, 0.15) is 24.0 Å². The van der Waals surface area contributed by atoms with E-state index in [1.807, 2.05) is 24.5 Å². The molecule has 5 heteroatoms. The van der Waals surface area contributed by atoms with Crippen molar-refractivity contribution in [2.24, 2.45) is 0 Å². The number of aromatic nitrogens is 3. The highest BCUT2D eigenvalue weighted by Gasteiger charge is 2.22. The first-order valence-electron chi connectivity index (χ1n) is 9.41. The van der Waals surface area contributed by atoms with Crippen molar-refractivity contribution >= 4 is 21.9 Å². The maximum Gasteiger partial charge on any atom is 0.100 e. The summed E-state index contributed by atoms with van der Waals surface area (Å²) in [6.07, 6.45) is 7.64. The summed E-state index contributed by atoms with van der Waals surface area (Å²) < 4.78 is 2.09. The van der Waals surface area contributed by atoms with E-state index in [0.717, 1.165) is 23.1 Å². The van der Waals surface area contributed by atoms with Gasteiger partial charge in [0.25, 0.3) is 0 Å². The summed E-state index contributed by atoms with van der Waals surface area (Å²) in [4.78, 5) is 10.4. The molecule has 1 fully saturated rings. The molecule has 5 rings (SSSR count). The number of likely N-dealkylation sites (tertiary alicyclic amines) is 1. The zero-order chi connectivity index (χ0) is 18.4. The number of imidazole rings is 1. The van der Waals surface area contributed by atoms with Gasteiger partial charge in [-0.3, -0.25) is 4.57 Å². The van der Waals surface area contributed by atoms with Crippen molar-refractivity contribution in [2.75, 3.05) is 13.6 Å². The molecular weight excluding hydrogens is 334 g/mol. The number of fused-ring (bicyclic) bond motifs is 2. The predicted molar refractivity (Wildman–Crippen MR) is 107 cm³/mol. The molecule has 0 saturated carbocycles. The van der Waals surface area contributed by atoms with Crippen LogP contribution in [-0.4, -0.2) is 39.1 Å². The Morgan fingerprint density at radius 1 is 1.26 bits per heavy atom. The third-order valence-corrected chi connectivity index (χ3v) is 5.83. The number of likely N-dealkylation sites (N-methyl/N-ethyl adjacent to an activating group) is 1. The van der Waals surface area contributed by atoms with E-state index in [1.165, 1.54) is 35.9 Å². The van der Waals surface area contributed by atoms with Gasteiger partial charge in [-0.25, -0.2) is 4.98 Å². The van der Waals surface area contributed by atoms with E-state index in [1.54, 1.807) is 0 Å². The van der Waals surface area contributed by atoms with Crippen LogP contribution in [0.2, 0.25) is 0 Å². The van der Waals surface area contributed by atoms with Gasteiger partial charge in [-0.15, -0.1) is 0 Å². The highest BCUT2D eigenvalue weighted by molar-refractivity contribution is 5.86. The summed E-state index contributed by atoms with van der Waals surface area (Å²) in [5.41, 5.74) is 6.14. The fourth-order valence-electron chi connectivity index (χ4n) is 4.26. The number of H-pyrrole nitrogens is 1. The molecule has 27 heavy (non-hydrogen) atoms. The van der Waals surface area contributed by atoms with Crippen LogP contribution in [0.4, 0.5) is 0 Å². The topological polar surface area (TPSA) is 60.6 Å². The number of nitriles is 1. The molecule has 0 radical (unpaired) electrons. The zero-order valence-electron chi connectivity index (χ0n) is 15.3. The smallest absolute Gasteiger partial charge is 0.100 e. The fourth-order valence-corrected chi connectivity index (χ4v) is 4.26. The zero-order valence-corrected chi connectivity index (χ0v) is 15.3. The number of hydrogen-bond donors (Lipinski definition) is 1. The van der Waals surface area contributed by atoms with Gasteiger partial charge in [0, 0.05) is 28.8 Å². The van der Waals surface area contributed by atoms with Gasteiger partial charge < -0.3 is 9.88 Å². The largest absolute Gasteiger partial charge is 0.361 e. The van der Waals surface area contributed by atoms with Gasteiger partial charge >= 0.3 is 0 Å². The number of nitrogens with one attached hydrogen (secondary N) is 1. The number of hydrogen-bond acceptors (Lipinski definition) is 3. The van der Waals surface area contributed by atoms with Gasteiger partial charge in [0.15, 0.2) is 0 Å². The average Bonchev–Trinajstić information content (AvgIpc) is 3.40. The lowest BCUT2D eigenvalue weighted by atomic mass is 10.0. The molecule has 0 bridgehead atoms. The van der Waals surface area contributed by atoms with Gasteiger partial charge in [-0.05, 0) is 74.8 Å². The van der Waals surface area contributed by atoms with E-state index in [9.17, 15) is 0 Å². The fraction of sp³-hybridized carbons (Fsp3) is 0.273. The minimum absolute atomic E-state index is 0.631. The molecule has 1 aliphatic heterocycles. The Hall–Kier alpha value is -3.10. The van der Waals surface area contributed by atoms with Crippen LogP contribution in [-0.2, 0) is 6.42 Å². The standard InChI is InChI=1S/C22H21N5/c1-26-8-2-3-17(26)10-16-13-24-20-6-5-18(11-19(16)20)27-14-25-21-9-15(12-23)4-7-22(21)27/h4-7,9,11,13-14,17,24H,2-3,8,10H2,1H3/t17-/m0/s1. The molecule has 2 aromatic heterocycles. The van der Waals surface area contributed by atoms with Gasteiger partial charge in [0.1, 0.15) is 6.33 Å². The first-order valence-corrected chi connectivity index (χ1v) is 9.41.